The van der Waals surface area contributed by atoms with Crippen molar-refractivity contribution in [3.8, 4) is 0 Å². The van der Waals surface area contributed by atoms with E-state index in [1.165, 1.54) is 12.3 Å². The van der Waals surface area contributed by atoms with Gasteiger partial charge in [0.2, 0.25) is 5.91 Å². The van der Waals surface area contributed by atoms with Gasteiger partial charge in [-0.15, -0.1) is 0 Å². The van der Waals surface area contributed by atoms with Crippen molar-refractivity contribution in [2.75, 3.05) is 37.7 Å². The van der Waals surface area contributed by atoms with E-state index in [1.54, 1.807) is 25.1 Å². The Bertz CT molecular complexity index is 918. The predicted molar refractivity (Wildman–Crippen MR) is 111 cm³/mol. The van der Waals surface area contributed by atoms with Crippen LogP contribution in [-0.2, 0) is 9.53 Å². The fourth-order valence-corrected chi connectivity index (χ4v) is 4.10. The topological polar surface area (TPSA) is 62.7 Å². The molecule has 1 saturated heterocycles. The van der Waals surface area contributed by atoms with Gasteiger partial charge in [0, 0.05) is 38.3 Å². The highest BCUT2D eigenvalue weighted by atomic mass is 19.1. The number of hydrogen-bond acceptors (Lipinski definition) is 5. The molecule has 4 rings (SSSR count). The van der Waals surface area contributed by atoms with Gasteiger partial charge in [-0.2, -0.15) is 0 Å². The lowest BCUT2D eigenvalue weighted by molar-refractivity contribution is -0.132. The Hall–Kier alpha value is -2.96. The van der Waals surface area contributed by atoms with Gasteiger partial charge in [0.1, 0.15) is 11.6 Å². The Labute approximate surface area is 175 Å². The van der Waals surface area contributed by atoms with Gasteiger partial charge in [-0.25, -0.2) is 14.2 Å². The second-order valence-corrected chi connectivity index (χ2v) is 7.76. The zero-order valence-electron chi connectivity index (χ0n) is 17.1. The van der Waals surface area contributed by atoms with E-state index in [4.69, 9.17) is 4.74 Å². The number of amides is 1. The summed E-state index contributed by atoms with van der Waals surface area (Å²) in [5, 5.41) is 0. The number of aromatic nitrogens is 1. The van der Waals surface area contributed by atoms with Crippen LogP contribution in [0.3, 0.4) is 0 Å². The highest BCUT2D eigenvalue weighted by Gasteiger charge is 2.46. The normalized spacial score (nSPS) is 21.1. The zero-order valence-corrected chi connectivity index (χ0v) is 17.1. The minimum absolute atomic E-state index is 0.00450. The maximum absolute atomic E-state index is 14.0. The molecule has 1 aliphatic heterocycles. The molecule has 1 aromatic heterocycles. The van der Waals surface area contributed by atoms with E-state index < -0.39 is 0 Å². The number of pyridine rings is 1. The smallest absolute Gasteiger partial charge is 0.339 e. The van der Waals surface area contributed by atoms with Gasteiger partial charge < -0.3 is 14.5 Å². The molecule has 0 bridgehead atoms. The molecule has 7 heteroatoms. The molecule has 0 spiro atoms. The molecule has 2 heterocycles. The van der Waals surface area contributed by atoms with Crippen molar-refractivity contribution in [3.63, 3.8) is 0 Å². The molecule has 1 aliphatic carbocycles. The molecule has 2 unspecified atom stereocenters. The molecule has 2 fully saturated rings. The van der Waals surface area contributed by atoms with E-state index in [1.807, 2.05) is 17.0 Å². The number of nitrogens with zero attached hydrogens (tertiary/aromatic N) is 3. The first kappa shape index (κ1) is 20.3. The maximum Gasteiger partial charge on any atom is 0.339 e. The van der Waals surface area contributed by atoms with Gasteiger partial charge in [-0.1, -0.05) is 18.2 Å². The molecule has 2 aromatic rings. The Morgan fingerprint density at radius 3 is 2.70 bits per heavy atom. The van der Waals surface area contributed by atoms with Gasteiger partial charge in [0.05, 0.1) is 12.2 Å². The maximum atomic E-state index is 14.0. The number of rotatable bonds is 5. The lowest BCUT2D eigenvalue weighted by Crippen LogP contribution is -2.36. The third-order valence-corrected chi connectivity index (χ3v) is 5.80. The van der Waals surface area contributed by atoms with Crippen molar-refractivity contribution in [1.29, 1.82) is 0 Å². The van der Waals surface area contributed by atoms with Gasteiger partial charge in [-0.3, -0.25) is 4.79 Å². The molecule has 0 radical (unpaired) electrons. The summed E-state index contributed by atoms with van der Waals surface area (Å²) in [6.07, 6.45) is 3.09. The molecule has 2 atom stereocenters. The molecular weight excluding hydrogens is 385 g/mol. The van der Waals surface area contributed by atoms with Gasteiger partial charge in [-0.05, 0) is 49.4 Å². The van der Waals surface area contributed by atoms with Crippen LogP contribution >= 0.6 is 0 Å². The second kappa shape index (κ2) is 8.81. The van der Waals surface area contributed by atoms with Crippen molar-refractivity contribution in [3.05, 3.63) is 59.5 Å². The van der Waals surface area contributed by atoms with E-state index in [0.29, 0.717) is 37.4 Å². The van der Waals surface area contributed by atoms with Crippen LogP contribution in [0, 0.1) is 11.7 Å². The summed E-state index contributed by atoms with van der Waals surface area (Å²) in [5.74, 6) is 0.185. The number of esters is 1. The quantitative estimate of drug-likeness (QED) is 0.707. The monoisotopic (exact) mass is 411 g/mol. The van der Waals surface area contributed by atoms with Gasteiger partial charge in [0.15, 0.2) is 0 Å². The van der Waals surface area contributed by atoms with Crippen molar-refractivity contribution in [2.45, 2.75) is 25.7 Å². The first-order valence-corrected chi connectivity index (χ1v) is 10.5. The third kappa shape index (κ3) is 4.30. The van der Waals surface area contributed by atoms with Gasteiger partial charge >= 0.3 is 5.97 Å². The summed E-state index contributed by atoms with van der Waals surface area (Å²) in [7, 11) is 0. The molecule has 158 valence electrons. The average molecular weight is 411 g/mol. The van der Waals surface area contributed by atoms with Crippen LogP contribution in [0.15, 0.2) is 42.6 Å². The first-order valence-electron chi connectivity index (χ1n) is 10.5. The van der Waals surface area contributed by atoms with Crippen molar-refractivity contribution in [2.24, 2.45) is 5.92 Å². The fraction of sp³-hybridized carbons (Fsp3) is 0.435. The second-order valence-electron chi connectivity index (χ2n) is 7.76. The van der Waals surface area contributed by atoms with E-state index in [9.17, 15) is 14.0 Å². The summed E-state index contributed by atoms with van der Waals surface area (Å²) in [5.41, 5.74) is 1.08. The first-order chi connectivity index (χ1) is 14.6. The summed E-state index contributed by atoms with van der Waals surface area (Å²) in [6.45, 7) is 4.86. The SMILES string of the molecule is CCOC(=O)c1ccc(N2CCCN(C(=O)C3CC3c3ccccc3F)CC2)nc1. The zero-order chi connectivity index (χ0) is 21.1. The number of carbonyl (C=O) groups excluding carboxylic acids is 2. The number of ether oxygens (including phenoxy) is 1. The summed E-state index contributed by atoms with van der Waals surface area (Å²) in [6, 6.07) is 10.3. The molecule has 1 saturated carbocycles. The largest absolute Gasteiger partial charge is 0.462 e. The number of benzene rings is 1. The third-order valence-electron chi connectivity index (χ3n) is 5.80. The number of halogens is 1. The van der Waals surface area contributed by atoms with E-state index in [0.717, 1.165) is 25.2 Å². The van der Waals surface area contributed by atoms with E-state index >= 15 is 0 Å². The number of carbonyl (C=O) groups is 2. The highest BCUT2D eigenvalue weighted by molar-refractivity contribution is 5.89. The molecule has 2 aliphatic rings. The highest BCUT2D eigenvalue weighted by Crippen LogP contribution is 2.49. The van der Waals surface area contributed by atoms with E-state index in [-0.39, 0.29) is 29.5 Å². The Balaban J connectivity index is 1.35. The van der Waals surface area contributed by atoms with Crippen molar-refractivity contribution >= 4 is 17.7 Å². The lowest BCUT2D eigenvalue weighted by atomic mass is 10.1. The van der Waals surface area contributed by atoms with Crippen LogP contribution in [0.25, 0.3) is 0 Å². The van der Waals surface area contributed by atoms with Gasteiger partial charge in [0.25, 0.3) is 0 Å². The summed E-state index contributed by atoms with van der Waals surface area (Å²) in [4.78, 5) is 33.2. The van der Waals surface area contributed by atoms with E-state index in [2.05, 4.69) is 9.88 Å². The number of anilines is 1. The van der Waals surface area contributed by atoms with Crippen LogP contribution in [0.5, 0.6) is 0 Å². The molecular formula is C23H26FN3O3. The van der Waals surface area contributed by atoms with Crippen LogP contribution in [0.1, 0.15) is 41.6 Å². The standard InChI is InChI=1S/C23H26FN3O3/c1-2-30-23(29)16-8-9-21(25-15-16)26-10-5-11-27(13-12-26)22(28)19-14-18(19)17-6-3-4-7-20(17)24/h3-4,6-9,15,18-19H,2,5,10-14H2,1H3. The Morgan fingerprint density at radius 1 is 1.13 bits per heavy atom. The van der Waals surface area contributed by atoms with Crippen LogP contribution in [-0.4, -0.2) is 54.5 Å². The lowest BCUT2D eigenvalue weighted by Gasteiger charge is -2.23. The molecule has 1 amide bonds. The molecule has 6 nitrogen and oxygen atoms in total. The average Bonchev–Trinajstić information content (AvgIpc) is 3.58. The minimum atomic E-state index is -0.377. The minimum Gasteiger partial charge on any atom is -0.462 e. The summed E-state index contributed by atoms with van der Waals surface area (Å²) >= 11 is 0. The van der Waals surface area contributed by atoms with Crippen LogP contribution in [0.4, 0.5) is 10.2 Å². The Kier molecular flexibility index (Phi) is 5.97. The Morgan fingerprint density at radius 2 is 1.97 bits per heavy atom. The summed E-state index contributed by atoms with van der Waals surface area (Å²) < 4.78 is 19.0. The number of hydrogen-bond donors (Lipinski definition) is 0. The predicted octanol–water partition coefficient (Wildman–Crippen LogP) is 3.24. The molecule has 0 N–H and O–H groups in total. The van der Waals surface area contributed by atoms with Crippen molar-refractivity contribution < 1.29 is 18.7 Å². The van der Waals surface area contributed by atoms with Crippen LogP contribution in [0.2, 0.25) is 0 Å². The molecule has 30 heavy (non-hydrogen) atoms. The fourth-order valence-electron chi connectivity index (χ4n) is 4.10. The molecule has 1 aromatic carbocycles. The van der Waals surface area contributed by atoms with Crippen LogP contribution < -0.4 is 4.90 Å². The van der Waals surface area contributed by atoms with Crippen molar-refractivity contribution in [1.82, 2.24) is 9.88 Å².